The fraction of sp³-hybridized carbons (Fsp3) is 0.219. The molecule has 0 spiro atoms. The van der Waals surface area contributed by atoms with Gasteiger partial charge >= 0.3 is 12.0 Å². The number of anilines is 3. The Kier molecular flexibility index (Phi) is 9.96. The fourth-order valence-corrected chi connectivity index (χ4v) is 4.52. The number of amides is 4. The van der Waals surface area contributed by atoms with E-state index in [2.05, 4.69) is 21.1 Å². The van der Waals surface area contributed by atoms with Crippen molar-refractivity contribution in [2.75, 3.05) is 29.7 Å². The van der Waals surface area contributed by atoms with Crippen molar-refractivity contribution < 1.29 is 33.5 Å². The standard InChI is InChI=1S/C32H33N5O7/c1-19-7-5-6-8-27(19)37(3)32(42)35-24-14-9-21(16-28(24)43-4)17-29(38)33-23-12-10-22(11-13-23)25(18-30(39)40)34-31(41)26-15-20(2)44-36-26/h5-16,25H,17-18H2,1-4H3,(H,33,38)(H,34,41)(H,35,42)(H,39,40). The first-order chi connectivity index (χ1) is 21.0. The van der Waals surface area contributed by atoms with Crippen LogP contribution < -0.4 is 25.6 Å². The number of carbonyl (C=O) groups is 4. The molecule has 0 saturated carbocycles. The number of hydrogen-bond donors (Lipinski definition) is 4. The highest BCUT2D eigenvalue weighted by Gasteiger charge is 2.21. The van der Waals surface area contributed by atoms with E-state index < -0.39 is 17.9 Å². The van der Waals surface area contributed by atoms with Gasteiger partial charge in [-0.2, -0.15) is 0 Å². The highest BCUT2D eigenvalue weighted by atomic mass is 16.5. The molecular formula is C32H33N5O7. The molecule has 12 nitrogen and oxygen atoms in total. The summed E-state index contributed by atoms with van der Waals surface area (Å²) in [5.41, 5.74) is 3.92. The van der Waals surface area contributed by atoms with Crippen LogP contribution in [0.3, 0.4) is 0 Å². The summed E-state index contributed by atoms with van der Waals surface area (Å²) in [5.74, 6) is -1.10. The molecule has 44 heavy (non-hydrogen) atoms. The van der Waals surface area contributed by atoms with Gasteiger partial charge in [-0.15, -0.1) is 0 Å². The number of nitrogens with one attached hydrogen (secondary N) is 3. The van der Waals surface area contributed by atoms with Crippen LogP contribution in [0.4, 0.5) is 21.9 Å². The minimum atomic E-state index is -1.09. The van der Waals surface area contributed by atoms with Gasteiger partial charge < -0.3 is 30.3 Å². The first-order valence-corrected chi connectivity index (χ1v) is 13.7. The van der Waals surface area contributed by atoms with Crippen LogP contribution in [-0.2, 0) is 16.0 Å². The normalized spacial score (nSPS) is 11.3. The minimum absolute atomic E-state index is 0.0320. The lowest BCUT2D eigenvalue weighted by atomic mass is 10.0. The molecule has 0 saturated heterocycles. The number of carboxylic acid groups (broad SMARTS) is 1. The van der Waals surface area contributed by atoms with Crippen molar-refractivity contribution in [1.29, 1.82) is 0 Å². The zero-order chi connectivity index (χ0) is 31.8. The molecule has 1 aromatic heterocycles. The first-order valence-electron chi connectivity index (χ1n) is 13.7. The van der Waals surface area contributed by atoms with Crippen molar-refractivity contribution in [3.8, 4) is 5.75 Å². The summed E-state index contributed by atoms with van der Waals surface area (Å²) < 4.78 is 10.4. The van der Waals surface area contributed by atoms with Crippen LogP contribution in [0.15, 0.2) is 77.3 Å². The maximum absolute atomic E-state index is 12.9. The molecule has 1 unspecified atom stereocenters. The Morgan fingerprint density at radius 3 is 2.34 bits per heavy atom. The van der Waals surface area contributed by atoms with Gasteiger partial charge in [-0.1, -0.05) is 41.6 Å². The third-order valence-corrected chi connectivity index (χ3v) is 6.80. The molecule has 228 valence electrons. The van der Waals surface area contributed by atoms with E-state index in [1.807, 2.05) is 31.2 Å². The molecule has 0 bridgehead atoms. The van der Waals surface area contributed by atoms with Crippen LogP contribution in [0.2, 0.25) is 0 Å². The van der Waals surface area contributed by atoms with E-state index in [-0.39, 0.29) is 30.5 Å². The summed E-state index contributed by atoms with van der Waals surface area (Å²) in [6.07, 6.45) is -0.320. The van der Waals surface area contributed by atoms with Crippen molar-refractivity contribution in [1.82, 2.24) is 10.5 Å². The third-order valence-electron chi connectivity index (χ3n) is 6.80. The number of benzene rings is 3. The summed E-state index contributed by atoms with van der Waals surface area (Å²) in [7, 11) is 3.16. The Hall–Kier alpha value is -5.65. The molecule has 0 fully saturated rings. The number of aromatic nitrogens is 1. The molecule has 0 aliphatic rings. The summed E-state index contributed by atoms with van der Waals surface area (Å²) in [4.78, 5) is 51.1. The maximum atomic E-state index is 12.9. The van der Waals surface area contributed by atoms with E-state index in [0.29, 0.717) is 34.0 Å². The van der Waals surface area contributed by atoms with Crippen molar-refractivity contribution >= 4 is 40.9 Å². The van der Waals surface area contributed by atoms with Crippen LogP contribution in [-0.4, -0.2) is 48.2 Å². The average molecular weight is 600 g/mol. The lowest BCUT2D eigenvalue weighted by Gasteiger charge is -2.21. The number of hydrogen-bond acceptors (Lipinski definition) is 7. The number of ether oxygens (including phenoxy) is 1. The quantitative estimate of drug-likeness (QED) is 0.185. The van der Waals surface area contributed by atoms with Gasteiger partial charge in [0.2, 0.25) is 5.91 Å². The predicted molar refractivity (Wildman–Crippen MR) is 164 cm³/mol. The van der Waals surface area contributed by atoms with Crippen molar-refractivity contribution in [3.63, 3.8) is 0 Å². The second-order valence-corrected chi connectivity index (χ2v) is 10.1. The van der Waals surface area contributed by atoms with E-state index in [1.165, 1.54) is 18.1 Å². The average Bonchev–Trinajstić information content (AvgIpc) is 3.44. The number of carboxylic acids is 1. The number of aryl methyl sites for hydroxylation is 2. The molecule has 4 amide bonds. The van der Waals surface area contributed by atoms with E-state index in [4.69, 9.17) is 9.26 Å². The molecule has 1 heterocycles. The molecule has 1 atom stereocenters. The Labute approximate surface area is 254 Å². The first kappa shape index (κ1) is 31.3. The van der Waals surface area contributed by atoms with E-state index in [0.717, 1.165) is 11.3 Å². The van der Waals surface area contributed by atoms with Gasteiger partial charge in [-0.05, 0) is 60.9 Å². The molecule has 0 radical (unpaired) electrons. The van der Waals surface area contributed by atoms with E-state index in [1.54, 1.807) is 56.4 Å². The number of carbonyl (C=O) groups excluding carboxylic acids is 3. The number of aliphatic carboxylic acids is 1. The van der Waals surface area contributed by atoms with Crippen LogP contribution in [0.5, 0.6) is 5.75 Å². The summed E-state index contributed by atoms with van der Waals surface area (Å²) >= 11 is 0. The molecule has 0 aliphatic heterocycles. The lowest BCUT2D eigenvalue weighted by molar-refractivity contribution is -0.137. The van der Waals surface area contributed by atoms with Gasteiger partial charge in [0.25, 0.3) is 5.91 Å². The van der Waals surface area contributed by atoms with Crippen LogP contribution in [0.25, 0.3) is 0 Å². The van der Waals surface area contributed by atoms with Crippen molar-refractivity contribution in [2.24, 2.45) is 0 Å². The molecule has 3 aromatic carbocycles. The topological polar surface area (TPSA) is 163 Å². The maximum Gasteiger partial charge on any atom is 0.326 e. The molecule has 12 heteroatoms. The smallest absolute Gasteiger partial charge is 0.326 e. The van der Waals surface area contributed by atoms with Gasteiger partial charge in [0.05, 0.1) is 31.7 Å². The van der Waals surface area contributed by atoms with E-state index >= 15 is 0 Å². The van der Waals surface area contributed by atoms with Gasteiger partial charge in [-0.25, -0.2) is 4.79 Å². The van der Waals surface area contributed by atoms with Gasteiger partial charge in [0.15, 0.2) is 5.69 Å². The number of urea groups is 1. The lowest BCUT2D eigenvalue weighted by Crippen LogP contribution is -2.31. The molecule has 4 aromatic rings. The summed E-state index contributed by atoms with van der Waals surface area (Å²) in [6, 6.07) is 19.4. The van der Waals surface area contributed by atoms with Gasteiger partial charge in [0, 0.05) is 24.5 Å². The number of methoxy groups -OCH3 is 1. The zero-order valence-electron chi connectivity index (χ0n) is 24.7. The number of nitrogens with zero attached hydrogens (tertiary/aromatic N) is 2. The Morgan fingerprint density at radius 2 is 1.70 bits per heavy atom. The molecule has 4 rings (SSSR count). The molecular weight excluding hydrogens is 566 g/mol. The van der Waals surface area contributed by atoms with Crippen LogP contribution >= 0.6 is 0 Å². The molecule has 0 aliphatic carbocycles. The van der Waals surface area contributed by atoms with Gasteiger partial charge in [-0.3, -0.25) is 19.3 Å². The second kappa shape index (κ2) is 14.0. The fourth-order valence-electron chi connectivity index (χ4n) is 4.52. The Balaban J connectivity index is 1.38. The Morgan fingerprint density at radius 1 is 0.977 bits per heavy atom. The molecule has 4 N–H and O–H groups in total. The number of para-hydroxylation sites is 1. The largest absolute Gasteiger partial charge is 0.495 e. The second-order valence-electron chi connectivity index (χ2n) is 10.1. The van der Waals surface area contributed by atoms with Crippen molar-refractivity contribution in [2.45, 2.75) is 32.7 Å². The monoisotopic (exact) mass is 599 g/mol. The van der Waals surface area contributed by atoms with Crippen LogP contribution in [0, 0.1) is 13.8 Å². The zero-order valence-corrected chi connectivity index (χ0v) is 24.7. The Bertz CT molecular complexity index is 1670. The van der Waals surface area contributed by atoms with Gasteiger partial charge in [0.1, 0.15) is 11.5 Å². The van der Waals surface area contributed by atoms with Crippen LogP contribution in [0.1, 0.15) is 45.4 Å². The third kappa shape index (κ3) is 8.00. The highest BCUT2D eigenvalue weighted by molar-refractivity contribution is 6.02. The minimum Gasteiger partial charge on any atom is -0.495 e. The highest BCUT2D eigenvalue weighted by Crippen LogP contribution is 2.28. The number of rotatable bonds is 11. The van der Waals surface area contributed by atoms with Crippen molar-refractivity contribution in [3.05, 3.63) is 101 Å². The predicted octanol–water partition coefficient (Wildman–Crippen LogP) is 5.10. The summed E-state index contributed by atoms with van der Waals surface area (Å²) in [6.45, 7) is 3.57. The summed E-state index contributed by atoms with van der Waals surface area (Å²) in [5, 5.41) is 21.3. The van der Waals surface area contributed by atoms with E-state index in [9.17, 15) is 24.3 Å². The SMILES string of the molecule is COc1cc(CC(=O)Nc2ccc(C(CC(=O)O)NC(=O)c3cc(C)on3)cc2)ccc1NC(=O)N(C)c1ccccc1C.